The largest absolute Gasteiger partial charge is 0.467 e. The molecule has 0 saturated carbocycles. The lowest BCUT2D eigenvalue weighted by atomic mass is 9.84. The summed E-state index contributed by atoms with van der Waals surface area (Å²) in [6.07, 6.45) is 2.45. The van der Waals surface area contributed by atoms with Crippen LogP contribution in [0.15, 0.2) is 18.2 Å². The van der Waals surface area contributed by atoms with Gasteiger partial charge in [0.15, 0.2) is 12.6 Å². The molecule has 7 heteroatoms. The zero-order valence-electron chi connectivity index (χ0n) is 16.9. The SMILES string of the molecule is COCOc1ccc(C(=O)C2CC3CCC(C2)N3C(=O)OC(C)(C)C)c(F)c1. The second kappa shape index (κ2) is 8.07. The molecule has 2 heterocycles. The Labute approximate surface area is 164 Å². The Kier molecular flexibility index (Phi) is 5.93. The van der Waals surface area contributed by atoms with Crippen molar-refractivity contribution in [3.05, 3.63) is 29.6 Å². The molecular weight excluding hydrogens is 365 g/mol. The molecule has 0 N–H and O–H groups in total. The minimum absolute atomic E-state index is 0.0131. The molecule has 0 spiro atoms. The molecule has 2 bridgehead atoms. The number of piperidine rings is 1. The van der Waals surface area contributed by atoms with E-state index in [4.69, 9.17) is 14.2 Å². The number of ketones is 1. The molecule has 2 saturated heterocycles. The van der Waals surface area contributed by atoms with Crippen LogP contribution in [0.5, 0.6) is 5.75 Å². The number of Topliss-reactive ketones (excluding diaryl/α,β-unsaturated/α-hetero) is 1. The number of rotatable bonds is 5. The highest BCUT2D eigenvalue weighted by Gasteiger charge is 2.46. The summed E-state index contributed by atoms with van der Waals surface area (Å²) < 4.78 is 30.0. The van der Waals surface area contributed by atoms with E-state index in [1.165, 1.54) is 19.2 Å². The van der Waals surface area contributed by atoms with Crippen molar-refractivity contribution in [1.82, 2.24) is 4.90 Å². The quantitative estimate of drug-likeness (QED) is 0.555. The first-order valence-electron chi connectivity index (χ1n) is 9.66. The molecule has 28 heavy (non-hydrogen) atoms. The van der Waals surface area contributed by atoms with Crippen molar-refractivity contribution in [2.45, 2.75) is 64.1 Å². The van der Waals surface area contributed by atoms with Crippen molar-refractivity contribution in [2.24, 2.45) is 5.92 Å². The van der Waals surface area contributed by atoms with Crippen molar-refractivity contribution < 1.29 is 28.2 Å². The topological polar surface area (TPSA) is 65.1 Å². The van der Waals surface area contributed by atoms with E-state index >= 15 is 0 Å². The summed E-state index contributed by atoms with van der Waals surface area (Å²) in [5.41, 5.74) is -0.487. The minimum Gasteiger partial charge on any atom is -0.467 e. The summed E-state index contributed by atoms with van der Waals surface area (Å²) in [5, 5.41) is 0. The van der Waals surface area contributed by atoms with Crippen LogP contribution in [0.3, 0.4) is 0 Å². The highest BCUT2D eigenvalue weighted by atomic mass is 19.1. The lowest BCUT2D eigenvalue weighted by Gasteiger charge is -2.39. The summed E-state index contributed by atoms with van der Waals surface area (Å²) in [4.78, 5) is 27.2. The Hall–Kier alpha value is -2.15. The normalized spacial score (nSPS) is 24.2. The lowest BCUT2D eigenvalue weighted by molar-refractivity contribution is 0.00249. The Bertz CT molecular complexity index is 731. The highest BCUT2D eigenvalue weighted by Crippen LogP contribution is 2.41. The molecule has 1 aromatic carbocycles. The number of hydrogen-bond donors (Lipinski definition) is 0. The van der Waals surface area contributed by atoms with Gasteiger partial charge in [0, 0.05) is 31.2 Å². The van der Waals surface area contributed by atoms with E-state index in [1.807, 2.05) is 20.8 Å². The van der Waals surface area contributed by atoms with E-state index in [9.17, 15) is 14.0 Å². The van der Waals surface area contributed by atoms with Crippen LogP contribution in [-0.4, -0.2) is 48.4 Å². The molecule has 0 radical (unpaired) electrons. The van der Waals surface area contributed by atoms with Crippen molar-refractivity contribution in [2.75, 3.05) is 13.9 Å². The zero-order valence-corrected chi connectivity index (χ0v) is 16.9. The fraction of sp³-hybridized carbons (Fsp3) is 0.619. The van der Waals surface area contributed by atoms with Crippen molar-refractivity contribution in [1.29, 1.82) is 0 Å². The van der Waals surface area contributed by atoms with E-state index in [2.05, 4.69) is 0 Å². The molecule has 1 aromatic rings. The van der Waals surface area contributed by atoms with Gasteiger partial charge in [0.05, 0.1) is 5.56 Å². The van der Waals surface area contributed by atoms with Gasteiger partial charge in [-0.1, -0.05) is 0 Å². The predicted octanol–water partition coefficient (Wildman–Crippen LogP) is 4.17. The number of carbonyl (C=O) groups excluding carboxylic acids is 2. The van der Waals surface area contributed by atoms with E-state index < -0.39 is 11.4 Å². The zero-order chi connectivity index (χ0) is 20.5. The third kappa shape index (κ3) is 4.46. The third-order valence-electron chi connectivity index (χ3n) is 5.26. The molecule has 0 aliphatic carbocycles. The molecule has 1 amide bonds. The first-order valence-corrected chi connectivity index (χ1v) is 9.66. The fourth-order valence-corrected chi connectivity index (χ4v) is 4.14. The van der Waals surface area contributed by atoms with Gasteiger partial charge in [-0.3, -0.25) is 4.79 Å². The monoisotopic (exact) mass is 393 g/mol. The van der Waals surface area contributed by atoms with Crippen LogP contribution >= 0.6 is 0 Å². The number of halogens is 1. The number of ether oxygens (including phenoxy) is 3. The third-order valence-corrected chi connectivity index (χ3v) is 5.26. The number of nitrogens with zero attached hydrogens (tertiary/aromatic N) is 1. The molecule has 2 atom stereocenters. The Morgan fingerprint density at radius 2 is 1.82 bits per heavy atom. The Morgan fingerprint density at radius 3 is 2.36 bits per heavy atom. The molecule has 3 rings (SSSR count). The average Bonchev–Trinajstić information content (AvgIpc) is 2.88. The van der Waals surface area contributed by atoms with Gasteiger partial charge in [0.2, 0.25) is 0 Å². The molecule has 2 fully saturated rings. The van der Waals surface area contributed by atoms with Gasteiger partial charge in [-0.2, -0.15) is 0 Å². The van der Waals surface area contributed by atoms with Crippen LogP contribution in [0, 0.1) is 11.7 Å². The maximum Gasteiger partial charge on any atom is 0.410 e. The summed E-state index contributed by atoms with van der Waals surface area (Å²) in [6, 6.07) is 4.17. The van der Waals surface area contributed by atoms with Crippen LogP contribution in [-0.2, 0) is 9.47 Å². The van der Waals surface area contributed by atoms with Gasteiger partial charge in [0.1, 0.15) is 17.2 Å². The first kappa shape index (κ1) is 20.6. The van der Waals surface area contributed by atoms with Crippen LogP contribution in [0.4, 0.5) is 9.18 Å². The maximum atomic E-state index is 14.5. The average molecular weight is 393 g/mol. The molecule has 0 aromatic heterocycles. The fourth-order valence-electron chi connectivity index (χ4n) is 4.14. The van der Waals surface area contributed by atoms with Gasteiger partial charge in [-0.25, -0.2) is 9.18 Å². The summed E-state index contributed by atoms with van der Waals surface area (Å²) in [5.74, 6) is -0.788. The predicted molar refractivity (Wildman–Crippen MR) is 101 cm³/mol. The molecular formula is C21H28FNO5. The summed E-state index contributed by atoms with van der Waals surface area (Å²) in [7, 11) is 1.48. The Morgan fingerprint density at radius 1 is 1.18 bits per heavy atom. The first-order chi connectivity index (χ1) is 13.2. The van der Waals surface area contributed by atoms with E-state index in [-0.39, 0.29) is 42.2 Å². The second-order valence-corrected chi connectivity index (χ2v) is 8.50. The molecule has 2 unspecified atom stereocenters. The maximum absolute atomic E-state index is 14.5. The number of methoxy groups -OCH3 is 1. The van der Waals surface area contributed by atoms with Gasteiger partial charge >= 0.3 is 6.09 Å². The molecule has 154 valence electrons. The van der Waals surface area contributed by atoms with Crippen LogP contribution in [0.1, 0.15) is 56.8 Å². The summed E-state index contributed by atoms with van der Waals surface area (Å²) in [6.45, 7) is 5.53. The summed E-state index contributed by atoms with van der Waals surface area (Å²) >= 11 is 0. The number of hydrogen-bond acceptors (Lipinski definition) is 5. The minimum atomic E-state index is -0.597. The number of carbonyl (C=O) groups is 2. The van der Waals surface area contributed by atoms with Gasteiger partial charge in [0.25, 0.3) is 0 Å². The Balaban J connectivity index is 1.69. The smallest absolute Gasteiger partial charge is 0.410 e. The number of fused-ring (bicyclic) bond motifs is 2. The van der Waals surface area contributed by atoms with Crippen LogP contribution in [0.2, 0.25) is 0 Å². The van der Waals surface area contributed by atoms with Crippen molar-refractivity contribution >= 4 is 11.9 Å². The molecule has 6 nitrogen and oxygen atoms in total. The number of benzene rings is 1. The van der Waals surface area contributed by atoms with E-state index in [1.54, 1.807) is 11.0 Å². The highest BCUT2D eigenvalue weighted by molar-refractivity contribution is 5.98. The van der Waals surface area contributed by atoms with Crippen LogP contribution < -0.4 is 4.74 Å². The van der Waals surface area contributed by atoms with Gasteiger partial charge in [-0.05, 0) is 58.6 Å². The van der Waals surface area contributed by atoms with Crippen molar-refractivity contribution in [3.8, 4) is 5.75 Å². The van der Waals surface area contributed by atoms with Crippen LogP contribution in [0.25, 0.3) is 0 Å². The van der Waals surface area contributed by atoms with E-state index in [0.29, 0.717) is 18.6 Å². The lowest BCUT2D eigenvalue weighted by Crippen LogP contribution is -2.49. The number of amides is 1. The van der Waals surface area contributed by atoms with Crippen molar-refractivity contribution in [3.63, 3.8) is 0 Å². The molecule has 2 aliphatic rings. The van der Waals surface area contributed by atoms with Gasteiger partial charge in [-0.15, -0.1) is 0 Å². The second-order valence-electron chi connectivity index (χ2n) is 8.50. The molecule has 2 aliphatic heterocycles. The van der Waals surface area contributed by atoms with Gasteiger partial charge < -0.3 is 19.1 Å². The van der Waals surface area contributed by atoms with E-state index in [0.717, 1.165) is 12.8 Å². The standard InChI is InChI=1S/C21H28FNO5/c1-21(2,3)28-20(25)23-14-5-6-15(23)10-13(9-14)19(24)17-8-7-16(11-18(17)22)27-12-26-4/h7-8,11,13-15H,5-6,9-10,12H2,1-4H3.